The largest absolute Gasteiger partial charge is 0.380 e. The molecule has 16 heavy (non-hydrogen) atoms. The fourth-order valence-corrected chi connectivity index (χ4v) is 1.41. The molecule has 1 heterocycles. The number of nitrogens with one attached hydrogen (secondary N) is 1. The smallest absolute Gasteiger partial charge is 0.129 e. The summed E-state index contributed by atoms with van der Waals surface area (Å²) in [7, 11) is 0. The summed E-state index contributed by atoms with van der Waals surface area (Å²) in [6.07, 6.45) is 2.31. The second-order valence-corrected chi connectivity index (χ2v) is 3.83. The van der Waals surface area contributed by atoms with Crippen molar-refractivity contribution in [3.8, 4) is 0 Å². The van der Waals surface area contributed by atoms with Crippen LogP contribution in [0.15, 0.2) is 6.07 Å². The molecular weight excluding hydrogens is 202 g/mol. The van der Waals surface area contributed by atoms with Crippen molar-refractivity contribution >= 4 is 5.82 Å². The highest BCUT2D eigenvalue weighted by Crippen LogP contribution is 2.04. The number of unbranched alkanes of at least 4 members (excludes halogenated alkanes) is 1. The van der Waals surface area contributed by atoms with Crippen LogP contribution in [0.4, 0.5) is 5.82 Å². The summed E-state index contributed by atoms with van der Waals surface area (Å²) in [5, 5.41) is 3.23. The zero-order valence-electron chi connectivity index (χ0n) is 10.4. The van der Waals surface area contributed by atoms with E-state index in [0.29, 0.717) is 0 Å². The third-order valence-electron chi connectivity index (χ3n) is 2.16. The van der Waals surface area contributed by atoms with Gasteiger partial charge >= 0.3 is 0 Å². The second kappa shape index (κ2) is 7.17. The zero-order valence-corrected chi connectivity index (χ0v) is 10.4. The summed E-state index contributed by atoms with van der Waals surface area (Å²) >= 11 is 0. The first kappa shape index (κ1) is 12.9. The lowest BCUT2D eigenvalue weighted by molar-refractivity contribution is 0.141. The van der Waals surface area contributed by atoms with E-state index in [1.807, 2.05) is 19.9 Å². The summed E-state index contributed by atoms with van der Waals surface area (Å²) in [6, 6.07) is 1.94. The SMILES string of the molecule is CCCCOCCNc1cc(C)nc(C)n1. The van der Waals surface area contributed by atoms with Crippen molar-refractivity contribution in [3.63, 3.8) is 0 Å². The maximum Gasteiger partial charge on any atom is 0.129 e. The first-order chi connectivity index (χ1) is 7.72. The number of aryl methyl sites for hydroxylation is 2. The Kier molecular flexibility index (Phi) is 5.78. The van der Waals surface area contributed by atoms with Gasteiger partial charge in [-0.2, -0.15) is 0 Å². The molecule has 0 saturated heterocycles. The normalized spacial score (nSPS) is 10.4. The Morgan fingerprint density at radius 3 is 2.75 bits per heavy atom. The molecule has 0 saturated carbocycles. The predicted molar refractivity (Wildman–Crippen MR) is 65.7 cm³/mol. The van der Waals surface area contributed by atoms with Crippen LogP contribution in [0.2, 0.25) is 0 Å². The highest BCUT2D eigenvalue weighted by atomic mass is 16.5. The van der Waals surface area contributed by atoms with Crippen molar-refractivity contribution in [2.24, 2.45) is 0 Å². The maximum atomic E-state index is 5.45. The molecule has 4 nitrogen and oxygen atoms in total. The van der Waals surface area contributed by atoms with Crippen LogP contribution in [-0.2, 0) is 4.74 Å². The second-order valence-electron chi connectivity index (χ2n) is 3.83. The summed E-state index contributed by atoms with van der Waals surface area (Å²) in [4.78, 5) is 8.51. The van der Waals surface area contributed by atoms with Gasteiger partial charge in [-0.1, -0.05) is 13.3 Å². The third-order valence-corrected chi connectivity index (χ3v) is 2.16. The molecule has 0 aliphatic rings. The Bertz CT molecular complexity index is 295. The number of hydrogen-bond acceptors (Lipinski definition) is 4. The molecule has 0 spiro atoms. The van der Waals surface area contributed by atoms with E-state index in [-0.39, 0.29) is 0 Å². The van der Waals surface area contributed by atoms with E-state index < -0.39 is 0 Å². The zero-order chi connectivity index (χ0) is 11.8. The van der Waals surface area contributed by atoms with E-state index in [1.54, 1.807) is 0 Å². The first-order valence-electron chi connectivity index (χ1n) is 5.86. The summed E-state index contributed by atoms with van der Waals surface area (Å²) in [6.45, 7) is 8.39. The van der Waals surface area contributed by atoms with E-state index in [9.17, 15) is 0 Å². The summed E-state index contributed by atoms with van der Waals surface area (Å²) < 4.78 is 5.45. The molecule has 0 aliphatic heterocycles. The van der Waals surface area contributed by atoms with Gasteiger partial charge in [0.15, 0.2) is 0 Å². The van der Waals surface area contributed by atoms with Gasteiger partial charge in [-0.25, -0.2) is 9.97 Å². The van der Waals surface area contributed by atoms with Crippen LogP contribution in [0, 0.1) is 13.8 Å². The van der Waals surface area contributed by atoms with Gasteiger partial charge in [-0.15, -0.1) is 0 Å². The fourth-order valence-electron chi connectivity index (χ4n) is 1.41. The van der Waals surface area contributed by atoms with E-state index in [1.165, 1.54) is 6.42 Å². The van der Waals surface area contributed by atoms with E-state index in [0.717, 1.165) is 43.5 Å². The predicted octanol–water partition coefficient (Wildman–Crippen LogP) is 2.32. The minimum Gasteiger partial charge on any atom is -0.380 e. The van der Waals surface area contributed by atoms with Crippen molar-refractivity contribution in [2.45, 2.75) is 33.6 Å². The monoisotopic (exact) mass is 223 g/mol. The molecule has 1 N–H and O–H groups in total. The van der Waals surface area contributed by atoms with E-state index >= 15 is 0 Å². The summed E-state index contributed by atoms with van der Waals surface area (Å²) in [5.74, 6) is 1.68. The molecule has 0 aromatic carbocycles. The van der Waals surface area contributed by atoms with Gasteiger partial charge in [-0.05, 0) is 20.3 Å². The number of rotatable bonds is 7. The van der Waals surface area contributed by atoms with Gasteiger partial charge in [0, 0.05) is 24.9 Å². The van der Waals surface area contributed by atoms with Crippen LogP contribution in [0.25, 0.3) is 0 Å². The Labute approximate surface area is 97.5 Å². The lowest BCUT2D eigenvalue weighted by Gasteiger charge is -2.07. The van der Waals surface area contributed by atoms with Gasteiger partial charge in [-0.3, -0.25) is 0 Å². The quantitative estimate of drug-likeness (QED) is 0.721. The molecule has 0 fully saturated rings. The molecule has 90 valence electrons. The minimum atomic E-state index is 0.724. The average molecular weight is 223 g/mol. The van der Waals surface area contributed by atoms with Crippen LogP contribution in [0.5, 0.6) is 0 Å². The fraction of sp³-hybridized carbons (Fsp3) is 0.667. The van der Waals surface area contributed by atoms with Crippen molar-refractivity contribution in [1.29, 1.82) is 0 Å². The topological polar surface area (TPSA) is 47.0 Å². The van der Waals surface area contributed by atoms with Gasteiger partial charge in [0.2, 0.25) is 0 Å². The van der Waals surface area contributed by atoms with Crippen molar-refractivity contribution in [3.05, 3.63) is 17.6 Å². The molecule has 0 aliphatic carbocycles. The number of anilines is 1. The highest BCUT2D eigenvalue weighted by molar-refractivity contribution is 5.35. The van der Waals surface area contributed by atoms with Crippen LogP contribution >= 0.6 is 0 Å². The molecule has 0 bridgehead atoms. The highest BCUT2D eigenvalue weighted by Gasteiger charge is 1.97. The molecule has 1 aromatic rings. The average Bonchev–Trinajstić information content (AvgIpc) is 2.22. The van der Waals surface area contributed by atoms with Crippen molar-refractivity contribution in [1.82, 2.24) is 9.97 Å². The molecule has 1 aromatic heterocycles. The Morgan fingerprint density at radius 1 is 1.25 bits per heavy atom. The van der Waals surface area contributed by atoms with Gasteiger partial charge in [0.25, 0.3) is 0 Å². The van der Waals surface area contributed by atoms with Crippen molar-refractivity contribution in [2.75, 3.05) is 25.1 Å². The first-order valence-corrected chi connectivity index (χ1v) is 5.86. The third kappa shape index (κ3) is 5.07. The minimum absolute atomic E-state index is 0.724. The van der Waals surface area contributed by atoms with E-state index in [4.69, 9.17) is 4.74 Å². The Hall–Kier alpha value is -1.16. The van der Waals surface area contributed by atoms with Crippen LogP contribution in [0.1, 0.15) is 31.3 Å². The molecule has 0 unspecified atom stereocenters. The van der Waals surface area contributed by atoms with Crippen LogP contribution < -0.4 is 5.32 Å². The lowest BCUT2D eigenvalue weighted by atomic mass is 10.4. The lowest BCUT2D eigenvalue weighted by Crippen LogP contribution is -2.11. The van der Waals surface area contributed by atoms with Gasteiger partial charge < -0.3 is 10.1 Å². The number of ether oxygens (including phenoxy) is 1. The van der Waals surface area contributed by atoms with Gasteiger partial charge in [0.1, 0.15) is 11.6 Å². The molecular formula is C12H21N3O. The molecule has 0 amide bonds. The maximum absolute atomic E-state index is 5.45. The summed E-state index contributed by atoms with van der Waals surface area (Å²) in [5.41, 5.74) is 0.988. The Morgan fingerprint density at radius 2 is 2.06 bits per heavy atom. The van der Waals surface area contributed by atoms with E-state index in [2.05, 4.69) is 22.2 Å². The number of hydrogen-bond donors (Lipinski definition) is 1. The molecule has 0 atom stereocenters. The Balaban J connectivity index is 2.21. The van der Waals surface area contributed by atoms with Crippen molar-refractivity contribution < 1.29 is 4.74 Å². The standard InChI is InChI=1S/C12H21N3O/c1-4-5-7-16-8-6-13-12-9-10(2)14-11(3)15-12/h9H,4-8H2,1-3H3,(H,13,14,15). The molecule has 1 rings (SSSR count). The van der Waals surface area contributed by atoms with Gasteiger partial charge in [0.05, 0.1) is 6.61 Å². The molecule has 0 radical (unpaired) electrons. The number of aromatic nitrogens is 2. The van der Waals surface area contributed by atoms with Crippen LogP contribution in [0.3, 0.4) is 0 Å². The van der Waals surface area contributed by atoms with Crippen LogP contribution in [-0.4, -0.2) is 29.7 Å². The number of nitrogens with zero attached hydrogens (tertiary/aromatic N) is 2. The molecule has 4 heteroatoms.